The van der Waals surface area contributed by atoms with E-state index >= 15 is 0 Å². The van der Waals surface area contributed by atoms with Crippen LogP contribution in [0.5, 0.6) is 0 Å². The lowest BCUT2D eigenvalue weighted by atomic mass is 10.1. The van der Waals surface area contributed by atoms with Crippen LogP contribution in [0.3, 0.4) is 0 Å². The summed E-state index contributed by atoms with van der Waals surface area (Å²) in [5.74, 6) is 0.963. The molecule has 1 fully saturated rings. The molecule has 0 aromatic carbocycles. The highest BCUT2D eigenvalue weighted by atomic mass is 15.2. The van der Waals surface area contributed by atoms with Gasteiger partial charge in [0.2, 0.25) is 0 Å². The van der Waals surface area contributed by atoms with Crippen molar-refractivity contribution in [3.05, 3.63) is 0 Å². The highest BCUT2D eigenvalue weighted by Crippen LogP contribution is 2.22. The fourth-order valence-electron chi connectivity index (χ4n) is 2.72. The fourth-order valence-corrected chi connectivity index (χ4v) is 2.72. The van der Waals surface area contributed by atoms with E-state index < -0.39 is 0 Å². The molecule has 1 heterocycles. The molecule has 0 aromatic heterocycles. The molecule has 0 spiro atoms. The molecule has 0 aliphatic carbocycles. The molecule has 0 amide bonds. The van der Waals surface area contributed by atoms with E-state index in [4.69, 9.17) is 0 Å². The quantitative estimate of drug-likeness (QED) is 0.640. The molecule has 2 unspecified atom stereocenters. The van der Waals surface area contributed by atoms with Crippen LogP contribution >= 0.6 is 0 Å². The third-order valence-electron chi connectivity index (χ3n) is 3.84. The van der Waals surface area contributed by atoms with Crippen molar-refractivity contribution in [1.29, 1.82) is 0 Å². The monoisotopic (exact) mass is 226 g/mol. The largest absolute Gasteiger partial charge is 0.315 e. The van der Waals surface area contributed by atoms with Gasteiger partial charge in [-0.05, 0) is 38.3 Å². The van der Waals surface area contributed by atoms with Gasteiger partial charge in [-0.1, -0.05) is 33.6 Å². The van der Waals surface area contributed by atoms with Crippen molar-refractivity contribution in [3.8, 4) is 0 Å². The van der Waals surface area contributed by atoms with E-state index in [1.54, 1.807) is 0 Å². The Balaban J connectivity index is 2.31. The van der Waals surface area contributed by atoms with Crippen LogP contribution in [0.4, 0.5) is 0 Å². The summed E-state index contributed by atoms with van der Waals surface area (Å²) in [6, 6.07) is 0.785. The van der Waals surface area contributed by atoms with Crippen molar-refractivity contribution in [1.82, 2.24) is 10.2 Å². The lowest BCUT2D eigenvalue weighted by Gasteiger charge is -2.28. The second kappa shape index (κ2) is 8.08. The summed E-state index contributed by atoms with van der Waals surface area (Å²) in [7, 11) is 0. The molecule has 0 radical (unpaired) electrons. The van der Waals surface area contributed by atoms with E-state index in [-0.39, 0.29) is 0 Å². The molecule has 1 rings (SSSR count). The van der Waals surface area contributed by atoms with Gasteiger partial charge in [0.1, 0.15) is 0 Å². The Morgan fingerprint density at radius 3 is 2.62 bits per heavy atom. The number of likely N-dealkylation sites (tertiary alicyclic amines) is 1. The van der Waals surface area contributed by atoms with E-state index in [9.17, 15) is 0 Å². The van der Waals surface area contributed by atoms with Gasteiger partial charge >= 0.3 is 0 Å². The van der Waals surface area contributed by atoms with E-state index in [1.807, 2.05) is 0 Å². The van der Waals surface area contributed by atoms with E-state index in [2.05, 4.69) is 31.0 Å². The Kier molecular flexibility index (Phi) is 7.06. The van der Waals surface area contributed by atoms with Crippen molar-refractivity contribution < 1.29 is 0 Å². The molecule has 1 N–H and O–H groups in total. The van der Waals surface area contributed by atoms with E-state index in [1.165, 1.54) is 58.3 Å². The van der Waals surface area contributed by atoms with E-state index in [0.29, 0.717) is 0 Å². The van der Waals surface area contributed by atoms with Gasteiger partial charge in [0.25, 0.3) is 0 Å². The summed E-state index contributed by atoms with van der Waals surface area (Å²) in [6.07, 6.45) is 6.69. The Bertz CT molecular complexity index is 170. The first-order chi connectivity index (χ1) is 7.81. The average molecular weight is 226 g/mol. The number of hydrogen-bond acceptors (Lipinski definition) is 2. The topological polar surface area (TPSA) is 15.3 Å². The minimum Gasteiger partial charge on any atom is -0.315 e. The molecule has 0 saturated carbocycles. The van der Waals surface area contributed by atoms with Crippen LogP contribution in [0.2, 0.25) is 0 Å². The summed E-state index contributed by atoms with van der Waals surface area (Å²) < 4.78 is 0. The number of rotatable bonds is 8. The lowest BCUT2D eigenvalue weighted by molar-refractivity contribution is 0.214. The summed E-state index contributed by atoms with van der Waals surface area (Å²) in [6.45, 7) is 11.9. The van der Waals surface area contributed by atoms with Crippen LogP contribution in [0.15, 0.2) is 0 Å². The van der Waals surface area contributed by atoms with Gasteiger partial charge in [-0.2, -0.15) is 0 Å². The van der Waals surface area contributed by atoms with Gasteiger partial charge in [0, 0.05) is 19.1 Å². The first-order valence-corrected chi connectivity index (χ1v) is 7.26. The first-order valence-electron chi connectivity index (χ1n) is 7.26. The maximum Gasteiger partial charge on any atom is 0.0220 e. The van der Waals surface area contributed by atoms with Crippen molar-refractivity contribution >= 4 is 0 Å². The molecule has 2 nitrogen and oxygen atoms in total. The zero-order chi connectivity index (χ0) is 11.8. The molecule has 0 aromatic rings. The number of nitrogens with zero attached hydrogens (tertiary/aromatic N) is 1. The molecule has 1 aliphatic heterocycles. The summed E-state index contributed by atoms with van der Waals surface area (Å²) in [5, 5.41) is 3.59. The molecular formula is C14H30N2. The van der Waals surface area contributed by atoms with Crippen LogP contribution in [-0.2, 0) is 0 Å². The van der Waals surface area contributed by atoms with Crippen LogP contribution in [0, 0.1) is 5.92 Å². The minimum atomic E-state index is 0.785. The van der Waals surface area contributed by atoms with Gasteiger partial charge in [0.15, 0.2) is 0 Å². The van der Waals surface area contributed by atoms with Crippen molar-refractivity contribution in [3.63, 3.8) is 0 Å². The zero-order valence-corrected chi connectivity index (χ0v) is 11.5. The zero-order valence-electron chi connectivity index (χ0n) is 11.5. The SMILES string of the molecule is CCCNCC(CCC)N1CCC(CC)C1. The second-order valence-electron chi connectivity index (χ2n) is 5.20. The van der Waals surface area contributed by atoms with E-state index in [0.717, 1.165) is 12.0 Å². The van der Waals surface area contributed by atoms with Crippen LogP contribution in [-0.4, -0.2) is 37.1 Å². The molecule has 16 heavy (non-hydrogen) atoms. The van der Waals surface area contributed by atoms with Crippen LogP contribution in [0.1, 0.15) is 52.9 Å². The summed E-state index contributed by atoms with van der Waals surface area (Å²) in [5.41, 5.74) is 0. The van der Waals surface area contributed by atoms with Crippen LogP contribution in [0.25, 0.3) is 0 Å². The Morgan fingerprint density at radius 2 is 2.06 bits per heavy atom. The highest BCUT2D eigenvalue weighted by molar-refractivity contribution is 4.82. The molecule has 96 valence electrons. The fraction of sp³-hybridized carbons (Fsp3) is 1.00. The predicted octanol–water partition coefficient (Wildman–Crippen LogP) is 2.89. The predicted molar refractivity (Wildman–Crippen MR) is 71.8 cm³/mol. The van der Waals surface area contributed by atoms with Gasteiger partial charge in [-0.3, -0.25) is 4.90 Å². The Morgan fingerprint density at radius 1 is 1.25 bits per heavy atom. The normalized spacial score (nSPS) is 23.8. The molecular weight excluding hydrogens is 196 g/mol. The lowest BCUT2D eigenvalue weighted by Crippen LogP contribution is -2.41. The van der Waals surface area contributed by atoms with Crippen molar-refractivity contribution in [2.45, 2.75) is 58.9 Å². The molecule has 1 saturated heterocycles. The molecule has 2 heteroatoms. The van der Waals surface area contributed by atoms with Gasteiger partial charge < -0.3 is 5.32 Å². The summed E-state index contributed by atoms with van der Waals surface area (Å²) >= 11 is 0. The third-order valence-corrected chi connectivity index (χ3v) is 3.84. The molecule has 0 bridgehead atoms. The minimum absolute atomic E-state index is 0.785. The second-order valence-corrected chi connectivity index (χ2v) is 5.20. The summed E-state index contributed by atoms with van der Waals surface area (Å²) in [4.78, 5) is 2.72. The van der Waals surface area contributed by atoms with Crippen LogP contribution < -0.4 is 5.32 Å². The smallest absolute Gasteiger partial charge is 0.0220 e. The van der Waals surface area contributed by atoms with Gasteiger partial charge in [-0.15, -0.1) is 0 Å². The Hall–Kier alpha value is -0.0800. The standard InChI is InChI=1S/C14H30N2/c1-4-7-14(11-15-9-5-2)16-10-8-13(6-3)12-16/h13-15H,4-12H2,1-3H3. The average Bonchev–Trinajstić information content (AvgIpc) is 2.76. The highest BCUT2D eigenvalue weighted by Gasteiger charge is 2.26. The maximum absolute atomic E-state index is 3.59. The Labute approximate surface area is 102 Å². The first kappa shape index (κ1) is 14.0. The third kappa shape index (κ3) is 4.42. The van der Waals surface area contributed by atoms with Gasteiger partial charge in [0.05, 0.1) is 0 Å². The number of nitrogens with one attached hydrogen (secondary N) is 1. The molecule has 1 aliphatic rings. The van der Waals surface area contributed by atoms with Gasteiger partial charge in [-0.25, -0.2) is 0 Å². The number of hydrogen-bond donors (Lipinski definition) is 1. The maximum atomic E-state index is 3.59. The molecule has 2 atom stereocenters. The van der Waals surface area contributed by atoms with Crippen molar-refractivity contribution in [2.24, 2.45) is 5.92 Å². The van der Waals surface area contributed by atoms with Crippen molar-refractivity contribution in [2.75, 3.05) is 26.2 Å².